The molecule has 1 aromatic rings. The molecule has 10 heavy (non-hydrogen) atoms. The van der Waals surface area contributed by atoms with E-state index in [-0.39, 0.29) is 0 Å². The molecule has 0 aromatic heterocycles. The van der Waals surface area contributed by atoms with Gasteiger partial charge in [0.15, 0.2) is 0 Å². The largest absolute Gasteiger partial charge is 0.169 e. The Morgan fingerprint density at radius 1 is 1.10 bits per heavy atom. The summed E-state index contributed by atoms with van der Waals surface area (Å²) in [7, 11) is 0. The lowest BCUT2D eigenvalue weighted by atomic mass is 10.4. The van der Waals surface area contributed by atoms with Gasteiger partial charge in [0.2, 0.25) is 0 Å². The third kappa shape index (κ3) is 6.42. The molecule has 56 valence electrons. The van der Waals surface area contributed by atoms with E-state index in [0.717, 1.165) is 0 Å². The molecule has 0 fully saturated rings. The third-order valence-corrected chi connectivity index (χ3v) is 1.45. The van der Waals surface area contributed by atoms with E-state index in [0.29, 0.717) is 0 Å². The van der Waals surface area contributed by atoms with Crippen LogP contribution in [0.1, 0.15) is 0 Å². The van der Waals surface area contributed by atoms with Gasteiger partial charge in [-0.1, -0.05) is 18.2 Å². The summed E-state index contributed by atoms with van der Waals surface area (Å²) in [6.07, 6.45) is 4.08. The van der Waals surface area contributed by atoms with Gasteiger partial charge in [0.1, 0.15) is 0 Å². The second kappa shape index (κ2) is 7.41. The molecule has 1 rings (SSSR count). The van der Waals surface area contributed by atoms with E-state index < -0.39 is 0 Å². The van der Waals surface area contributed by atoms with Crippen molar-refractivity contribution >= 4 is 34.4 Å². The van der Waals surface area contributed by atoms with Gasteiger partial charge in [0.25, 0.3) is 0 Å². The molecule has 0 aliphatic heterocycles. The molecule has 0 saturated carbocycles. The van der Waals surface area contributed by atoms with Gasteiger partial charge in [-0.2, -0.15) is 11.8 Å². The highest BCUT2D eigenvalue weighted by atomic mass is 127. The molecular formula is C8H11IS. The normalized spacial score (nSPS) is 7.90. The number of thioether (sulfide) groups is 1. The molecule has 2 heteroatoms. The van der Waals surface area contributed by atoms with Gasteiger partial charge in [-0.25, -0.2) is 0 Å². The van der Waals surface area contributed by atoms with Crippen molar-refractivity contribution in [2.75, 3.05) is 12.5 Å². The molecule has 0 nitrogen and oxygen atoms in total. The summed E-state index contributed by atoms with van der Waals surface area (Å²) in [5, 5.41) is 0. The molecule has 0 bridgehead atoms. The molecule has 0 aliphatic rings. The van der Waals surface area contributed by atoms with Crippen LogP contribution in [-0.4, -0.2) is 12.5 Å². The second-order valence-electron chi connectivity index (χ2n) is 1.70. The second-order valence-corrected chi connectivity index (χ2v) is 3.77. The third-order valence-electron chi connectivity index (χ3n) is 0.733. The average Bonchev–Trinajstić information content (AvgIpc) is 1.91. The highest BCUT2D eigenvalue weighted by Crippen LogP contribution is 1.99. The van der Waals surface area contributed by atoms with E-state index >= 15 is 0 Å². The Hall–Kier alpha value is 0.300. The van der Waals surface area contributed by atoms with Crippen LogP contribution in [0.4, 0.5) is 0 Å². The summed E-state index contributed by atoms with van der Waals surface area (Å²) in [6, 6.07) is 10.2. The molecular weight excluding hydrogens is 255 g/mol. The Labute approximate surface area is 80.6 Å². The molecule has 0 N–H and O–H groups in total. The minimum absolute atomic E-state index is 1.29. The average molecular weight is 266 g/mol. The van der Waals surface area contributed by atoms with Crippen molar-refractivity contribution in [3.05, 3.63) is 33.9 Å². The van der Waals surface area contributed by atoms with Crippen molar-refractivity contribution in [2.24, 2.45) is 0 Å². The Bertz CT molecular complexity index is 151. The van der Waals surface area contributed by atoms with Crippen LogP contribution in [-0.2, 0) is 0 Å². The maximum Gasteiger partial charge on any atom is 0.0130 e. The summed E-state index contributed by atoms with van der Waals surface area (Å²) in [4.78, 5) is 0. The van der Waals surface area contributed by atoms with Crippen molar-refractivity contribution < 1.29 is 0 Å². The first-order chi connectivity index (χ1) is 4.81. The lowest BCUT2D eigenvalue weighted by Crippen LogP contribution is -1.61. The first-order valence-corrected chi connectivity index (χ1v) is 5.63. The topological polar surface area (TPSA) is 0 Å². The van der Waals surface area contributed by atoms with Gasteiger partial charge in [-0.05, 0) is 47.2 Å². The van der Waals surface area contributed by atoms with E-state index in [1.54, 1.807) is 11.8 Å². The fourth-order valence-corrected chi connectivity index (χ4v) is 0.830. The van der Waals surface area contributed by atoms with Crippen LogP contribution in [0.5, 0.6) is 0 Å². The van der Waals surface area contributed by atoms with E-state index in [4.69, 9.17) is 0 Å². The van der Waals surface area contributed by atoms with Gasteiger partial charge >= 0.3 is 0 Å². The predicted octanol–water partition coefficient (Wildman–Crippen LogP) is 3.27. The standard InChI is InChI=1S/C6H5I.C2H6S/c7-6-4-2-1-3-5-6;1-3-2/h1-5H;1-2H3. The fraction of sp³-hybridized carbons (Fsp3) is 0.250. The van der Waals surface area contributed by atoms with Gasteiger partial charge < -0.3 is 0 Å². The molecule has 0 aliphatic carbocycles. The van der Waals surface area contributed by atoms with Gasteiger partial charge in [-0.3, -0.25) is 0 Å². The zero-order valence-electron chi connectivity index (χ0n) is 6.17. The monoisotopic (exact) mass is 266 g/mol. The van der Waals surface area contributed by atoms with Gasteiger partial charge in [-0.15, -0.1) is 0 Å². The Balaban J connectivity index is 0.000000236. The number of benzene rings is 1. The van der Waals surface area contributed by atoms with Gasteiger partial charge in [0, 0.05) is 3.57 Å². The summed E-state index contributed by atoms with van der Waals surface area (Å²) in [6.45, 7) is 0. The number of rotatable bonds is 0. The van der Waals surface area contributed by atoms with Crippen LogP contribution in [0.3, 0.4) is 0 Å². The molecule has 0 saturated heterocycles. The van der Waals surface area contributed by atoms with Crippen LogP contribution in [0, 0.1) is 3.57 Å². The maximum absolute atomic E-state index is 2.28. The highest BCUT2D eigenvalue weighted by Gasteiger charge is 1.74. The summed E-state index contributed by atoms with van der Waals surface area (Å²) < 4.78 is 1.29. The maximum atomic E-state index is 2.28. The zero-order chi connectivity index (χ0) is 7.82. The lowest BCUT2D eigenvalue weighted by Gasteiger charge is -1.80. The highest BCUT2D eigenvalue weighted by molar-refractivity contribution is 14.1. The van der Waals surface area contributed by atoms with Crippen molar-refractivity contribution in [1.82, 2.24) is 0 Å². The van der Waals surface area contributed by atoms with Crippen LogP contribution < -0.4 is 0 Å². The van der Waals surface area contributed by atoms with Crippen molar-refractivity contribution in [2.45, 2.75) is 0 Å². The number of hydrogen-bond donors (Lipinski definition) is 0. The quantitative estimate of drug-likeness (QED) is 0.649. The van der Waals surface area contributed by atoms with E-state index in [9.17, 15) is 0 Å². The zero-order valence-corrected chi connectivity index (χ0v) is 9.15. The van der Waals surface area contributed by atoms with Crippen molar-refractivity contribution in [3.8, 4) is 0 Å². The SMILES string of the molecule is CSC.Ic1ccccc1. The van der Waals surface area contributed by atoms with E-state index in [1.165, 1.54) is 3.57 Å². The predicted molar refractivity (Wildman–Crippen MR) is 58.6 cm³/mol. The lowest BCUT2D eigenvalue weighted by molar-refractivity contribution is 1.65. The Morgan fingerprint density at radius 2 is 1.50 bits per heavy atom. The Morgan fingerprint density at radius 3 is 1.70 bits per heavy atom. The molecule has 0 heterocycles. The summed E-state index contributed by atoms with van der Waals surface area (Å²) in [5.41, 5.74) is 0. The number of hydrogen-bond acceptors (Lipinski definition) is 1. The minimum atomic E-state index is 1.29. The number of halogens is 1. The molecule has 0 amide bonds. The smallest absolute Gasteiger partial charge is 0.0130 e. The molecule has 0 radical (unpaired) electrons. The first kappa shape index (κ1) is 10.3. The van der Waals surface area contributed by atoms with Crippen LogP contribution >= 0.6 is 34.4 Å². The van der Waals surface area contributed by atoms with E-state index in [1.807, 2.05) is 30.7 Å². The Kier molecular flexibility index (Phi) is 7.63. The van der Waals surface area contributed by atoms with Crippen LogP contribution in [0.15, 0.2) is 30.3 Å². The van der Waals surface area contributed by atoms with E-state index in [2.05, 4.69) is 34.7 Å². The fourth-order valence-electron chi connectivity index (χ4n) is 0.415. The molecule has 0 atom stereocenters. The molecule has 1 aromatic carbocycles. The summed E-state index contributed by atoms with van der Waals surface area (Å²) >= 11 is 4.03. The minimum Gasteiger partial charge on any atom is -0.169 e. The summed E-state index contributed by atoms with van der Waals surface area (Å²) in [5.74, 6) is 0. The van der Waals surface area contributed by atoms with Gasteiger partial charge in [0.05, 0.1) is 0 Å². The van der Waals surface area contributed by atoms with Crippen LogP contribution in [0.2, 0.25) is 0 Å². The van der Waals surface area contributed by atoms with Crippen molar-refractivity contribution in [3.63, 3.8) is 0 Å². The van der Waals surface area contributed by atoms with Crippen molar-refractivity contribution in [1.29, 1.82) is 0 Å². The molecule has 0 spiro atoms. The van der Waals surface area contributed by atoms with Crippen LogP contribution in [0.25, 0.3) is 0 Å². The molecule has 0 unspecified atom stereocenters. The first-order valence-electron chi connectivity index (χ1n) is 2.92.